The van der Waals surface area contributed by atoms with Crippen LogP contribution in [0.3, 0.4) is 0 Å². The Hall–Kier alpha value is -4.33. The predicted molar refractivity (Wildman–Crippen MR) is 122 cm³/mol. The number of carbonyl (C=O) groups is 3. The van der Waals surface area contributed by atoms with Gasteiger partial charge in [-0.05, 0) is 35.9 Å². The van der Waals surface area contributed by atoms with Gasteiger partial charge in [0.2, 0.25) is 12.7 Å². The maximum Gasteiger partial charge on any atom is 0.260 e. The molecule has 3 heterocycles. The summed E-state index contributed by atoms with van der Waals surface area (Å²) in [4.78, 5) is 42.6. The van der Waals surface area contributed by atoms with Gasteiger partial charge in [-0.15, -0.1) is 0 Å². The lowest BCUT2D eigenvalue weighted by molar-refractivity contribution is -0.121. The van der Waals surface area contributed by atoms with E-state index in [-0.39, 0.29) is 37.5 Å². The molecule has 0 spiro atoms. The minimum atomic E-state index is -0.562. The number of para-hydroxylation sites is 1. The summed E-state index contributed by atoms with van der Waals surface area (Å²) in [6.45, 7) is 0.716. The second kappa shape index (κ2) is 7.91. The molecule has 8 nitrogen and oxygen atoms in total. The number of nitrogens with one attached hydrogen (secondary N) is 1. The lowest BCUT2D eigenvalue weighted by Gasteiger charge is -2.40. The number of hydrogen-bond acceptors (Lipinski definition) is 5. The minimum Gasteiger partial charge on any atom is -0.454 e. The van der Waals surface area contributed by atoms with Gasteiger partial charge in [0.05, 0.1) is 11.3 Å². The van der Waals surface area contributed by atoms with Crippen LogP contribution in [0.15, 0.2) is 66.7 Å². The number of fused-ring (bicyclic) bond motifs is 6. The molecule has 3 amide bonds. The molecule has 0 radical (unpaired) electrons. The highest BCUT2D eigenvalue weighted by atomic mass is 16.7. The van der Waals surface area contributed by atoms with Crippen molar-refractivity contribution in [3.63, 3.8) is 0 Å². The third-order valence-electron chi connectivity index (χ3n) is 6.39. The monoisotopic (exact) mass is 455 g/mol. The van der Waals surface area contributed by atoms with Crippen molar-refractivity contribution in [1.29, 1.82) is 0 Å². The van der Waals surface area contributed by atoms with Gasteiger partial charge in [-0.25, -0.2) is 0 Å². The molecule has 3 aliphatic heterocycles. The summed E-state index contributed by atoms with van der Waals surface area (Å²) in [5.74, 6) is 0.833. The van der Waals surface area contributed by atoms with Crippen LogP contribution in [-0.2, 0) is 11.3 Å². The molecule has 3 aliphatic rings. The molecule has 0 saturated carbocycles. The molecule has 3 aromatic carbocycles. The highest BCUT2D eigenvalue weighted by molar-refractivity contribution is 6.16. The number of anilines is 1. The molecule has 0 saturated heterocycles. The van der Waals surface area contributed by atoms with Gasteiger partial charge >= 0.3 is 0 Å². The molecule has 1 unspecified atom stereocenters. The first-order valence-corrected chi connectivity index (χ1v) is 11.1. The Kier molecular flexibility index (Phi) is 4.72. The van der Waals surface area contributed by atoms with E-state index in [4.69, 9.17) is 9.47 Å². The van der Waals surface area contributed by atoms with E-state index in [1.807, 2.05) is 42.5 Å². The van der Waals surface area contributed by atoms with E-state index in [2.05, 4.69) is 5.32 Å². The van der Waals surface area contributed by atoms with Crippen molar-refractivity contribution < 1.29 is 23.9 Å². The fourth-order valence-electron chi connectivity index (χ4n) is 4.76. The predicted octanol–water partition coefficient (Wildman–Crippen LogP) is 3.24. The minimum absolute atomic E-state index is 0.110. The van der Waals surface area contributed by atoms with Crippen LogP contribution in [0.4, 0.5) is 5.69 Å². The van der Waals surface area contributed by atoms with Crippen LogP contribution in [0.25, 0.3) is 0 Å². The lowest BCUT2D eigenvalue weighted by Crippen LogP contribution is -2.49. The third-order valence-corrected chi connectivity index (χ3v) is 6.39. The topological polar surface area (TPSA) is 88.2 Å². The van der Waals surface area contributed by atoms with Gasteiger partial charge in [0.1, 0.15) is 6.17 Å². The van der Waals surface area contributed by atoms with Crippen LogP contribution in [-0.4, -0.2) is 36.0 Å². The summed E-state index contributed by atoms with van der Waals surface area (Å²) in [7, 11) is 0. The maximum absolute atomic E-state index is 13.4. The van der Waals surface area contributed by atoms with Gasteiger partial charge in [0.15, 0.2) is 11.5 Å². The zero-order valence-electron chi connectivity index (χ0n) is 18.2. The Morgan fingerprint density at radius 1 is 0.912 bits per heavy atom. The Morgan fingerprint density at radius 2 is 1.68 bits per heavy atom. The van der Waals surface area contributed by atoms with E-state index in [1.165, 1.54) is 0 Å². The Labute approximate surface area is 195 Å². The summed E-state index contributed by atoms with van der Waals surface area (Å²) in [6, 6.07) is 20.0. The number of ether oxygens (including phenoxy) is 2. The molecular formula is C26H21N3O5. The molecule has 6 rings (SSSR count). The quantitative estimate of drug-likeness (QED) is 0.638. The summed E-state index contributed by atoms with van der Waals surface area (Å²) in [6.07, 6.45) is -0.452. The first-order valence-electron chi connectivity index (χ1n) is 11.1. The molecule has 1 atom stereocenters. The number of nitrogens with zero attached hydrogens (tertiary/aromatic N) is 2. The average Bonchev–Trinajstić information content (AvgIpc) is 3.45. The van der Waals surface area contributed by atoms with Gasteiger partial charge < -0.3 is 19.7 Å². The summed E-state index contributed by atoms with van der Waals surface area (Å²) >= 11 is 0. The molecule has 170 valence electrons. The molecule has 0 fully saturated rings. The smallest absolute Gasteiger partial charge is 0.260 e. The summed E-state index contributed by atoms with van der Waals surface area (Å²) in [5.41, 5.74) is 3.30. The number of benzene rings is 3. The highest BCUT2D eigenvalue weighted by Gasteiger charge is 2.47. The Balaban J connectivity index is 1.20. The van der Waals surface area contributed by atoms with E-state index < -0.39 is 6.17 Å². The Morgan fingerprint density at radius 3 is 2.56 bits per heavy atom. The van der Waals surface area contributed by atoms with Crippen LogP contribution in [0.5, 0.6) is 11.5 Å². The van der Waals surface area contributed by atoms with Crippen molar-refractivity contribution in [2.75, 3.05) is 18.2 Å². The van der Waals surface area contributed by atoms with Gasteiger partial charge in [0, 0.05) is 30.6 Å². The largest absolute Gasteiger partial charge is 0.454 e. The average molecular weight is 455 g/mol. The van der Waals surface area contributed by atoms with E-state index in [0.29, 0.717) is 34.9 Å². The normalized spacial score (nSPS) is 17.4. The molecule has 8 heteroatoms. The van der Waals surface area contributed by atoms with E-state index in [0.717, 1.165) is 11.1 Å². The fourth-order valence-corrected chi connectivity index (χ4v) is 4.76. The first kappa shape index (κ1) is 20.3. The number of carbonyl (C=O) groups excluding carboxylic acids is 3. The standard InChI is InChI=1S/C26H21N3O5/c30-23(27-14-16-9-10-21-22(13-16)34-15-33-21)11-12-28-24-17-5-1-2-6-18(17)26(32)29(24)20-8-4-3-7-19(20)25(28)31/h1-10,13,24H,11-12,14-15H2,(H,27,30). The first-order chi connectivity index (χ1) is 16.6. The van der Waals surface area contributed by atoms with Gasteiger partial charge in [0.25, 0.3) is 11.8 Å². The highest BCUT2D eigenvalue weighted by Crippen LogP contribution is 2.45. The zero-order valence-corrected chi connectivity index (χ0v) is 18.2. The van der Waals surface area contributed by atoms with Crippen molar-refractivity contribution in [3.8, 4) is 11.5 Å². The van der Waals surface area contributed by atoms with Crippen molar-refractivity contribution >= 4 is 23.4 Å². The summed E-state index contributed by atoms with van der Waals surface area (Å²) < 4.78 is 10.7. The van der Waals surface area contributed by atoms with Gasteiger partial charge in [-0.2, -0.15) is 0 Å². The van der Waals surface area contributed by atoms with Crippen LogP contribution < -0.4 is 19.7 Å². The SMILES string of the molecule is O=C(CCN1C(=O)c2ccccc2N2C(=O)c3ccccc3C12)NCc1ccc2c(c1)OCO2. The lowest BCUT2D eigenvalue weighted by atomic mass is 10.0. The van der Waals surface area contributed by atoms with Crippen LogP contribution in [0.1, 0.15) is 44.4 Å². The van der Waals surface area contributed by atoms with Crippen molar-refractivity contribution in [1.82, 2.24) is 10.2 Å². The van der Waals surface area contributed by atoms with Gasteiger partial charge in [-0.1, -0.05) is 36.4 Å². The zero-order chi connectivity index (χ0) is 23.2. The molecule has 0 bridgehead atoms. The maximum atomic E-state index is 13.4. The van der Waals surface area contributed by atoms with E-state index in [1.54, 1.807) is 34.1 Å². The second-order valence-electron chi connectivity index (χ2n) is 8.37. The number of amides is 3. The molecule has 0 aliphatic carbocycles. The Bertz CT molecular complexity index is 1340. The molecule has 34 heavy (non-hydrogen) atoms. The van der Waals surface area contributed by atoms with Crippen LogP contribution in [0, 0.1) is 0 Å². The van der Waals surface area contributed by atoms with Crippen LogP contribution >= 0.6 is 0 Å². The fraction of sp³-hybridized carbons (Fsp3) is 0.192. The van der Waals surface area contributed by atoms with Crippen molar-refractivity contribution in [3.05, 3.63) is 89.0 Å². The molecule has 3 aromatic rings. The molecule has 1 N–H and O–H groups in total. The van der Waals surface area contributed by atoms with Crippen LogP contribution in [0.2, 0.25) is 0 Å². The second-order valence-corrected chi connectivity index (χ2v) is 8.37. The summed E-state index contributed by atoms with van der Waals surface area (Å²) in [5, 5.41) is 2.90. The van der Waals surface area contributed by atoms with Crippen molar-refractivity contribution in [2.24, 2.45) is 0 Å². The third kappa shape index (κ3) is 3.18. The molecule has 0 aromatic heterocycles. The molecular weight excluding hydrogens is 434 g/mol. The van der Waals surface area contributed by atoms with E-state index in [9.17, 15) is 14.4 Å². The number of rotatable bonds is 5. The number of hydrogen-bond donors (Lipinski definition) is 1. The van der Waals surface area contributed by atoms with Gasteiger partial charge in [-0.3, -0.25) is 19.3 Å². The van der Waals surface area contributed by atoms with Crippen molar-refractivity contribution in [2.45, 2.75) is 19.1 Å². The van der Waals surface area contributed by atoms with E-state index >= 15 is 0 Å².